The SMILES string of the molecule is COc1ccccc1CNC(=O)CN1CCC(N)C1. The number of hydrogen-bond donors (Lipinski definition) is 2. The van der Waals surface area contributed by atoms with Crippen LogP contribution < -0.4 is 15.8 Å². The van der Waals surface area contributed by atoms with E-state index in [1.807, 2.05) is 24.3 Å². The Balaban J connectivity index is 1.80. The Morgan fingerprint density at radius 1 is 1.53 bits per heavy atom. The van der Waals surface area contributed by atoms with Crippen molar-refractivity contribution in [2.75, 3.05) is 26.7 Å². The summed E-state index contributed by atoms with van der Waals surface area (Å²) in [6.07, 6.45) is 0.972. The van der Waals surface area contributed by atoms with Crippen LogP contribution in [0.4, 0.5) is 0 Å². The van der Waals surface area contributed by atoms with E-state index in [9.17, 15) is 4.79 Å². The third kappa shape index (κ3) is 3.94. The smallest absolute Gasteiger partial charge is 0.234 e. The highest BCUT2D eigenvalue weighted by Crippen LogP contribution is 2.16. The lowest BCUT2D eigenvalue weighted by Crippen LogP contribution is -2.37. The Bertz CT molecular complexity index is 436. The number of amides is 1. The zero-order valence-corrected chi connectivity index (χ0v) is 11.3. The molecular formula is C14H21N3O2. The number of rotatable bonds is 5. The van der Waals surface area contributed by atoms with E-state index >= 15 is 0 Å². The lowest BCUT2D eigenvalue weighted by molar-refractivity contribution is -0.122. The molecular weight excluding hydrogens is 242 g/mol. The first-order valence-corrected chi connectivity index (χ1v) is 6.55. The summed E-state index contributed by atoms with van der Waals surface area (Å²) in [6.45, 7) is 2.62. The minimum atomic E-state index is 0.0278. The fraction of sp³-hybridized carbons (Fsp3) is 0.500. The van der Waals surface area contributed by atoms with E-state index < -0.39 is 0 Å². The van der Waals surface area contributed by atoms with Crippen molar-refractivity contribution >= 4 is 5.91 Å². The van der Waals surface area contributed by atoms with Gasteiger partial charge in [-0.1, -0.05) is 18.2 Å². The number of benzene rings is 1. The molecule has 1 aromatic rings. The van der Waals surface area contributed by atoms with Crippen LogP contribution in [0, 0.1) is 0 Å². The molecule has 1 amide bonds. The Morgan fingerprint density at radius 2 is 2.32 bits per heavy atom. The first kappa shape index (κ1) is 13.8. The average Bonchev–Trinajstić information content (AvgIpc) is 2.82. The summed E-state index contributed by atoms with van der Waals surface area (Å²) in [7, 11) is 1.63. The molecule has 104 valence electrons. The van der Waals surface area contributed by atoms with Crippen molar-refractivity contribution in [1.29, 1.82) is 0 Å². The van der Waals surface area contributed by atoms with Crippen LogP contribution in [-0.4, -0.2) is 43.6 Å². The van der Waals surface area contributed by atoms with Gasteiger partial charge in [0.15, 0.2) is 0 Å². The molecule has 0 aromatic heterocycles. The molecule has 1 aliphatic rings. The normalized spacial score (nSPS) is 19.4. The maximum Gasteiger partial charge on any atom is 0.234 e. The van der Waals surface area contributed by atoms with E-state index in [2.05, 4.69) is 10.2 Å². The van der Waals surface area contributed by atoms with Crippen molar-refractivity contribution in [1.82, 2.24) is 10.2 Å². The van der Waals surface area contributed by atoms with Crippen LogP contribution in [0.15, 0.2) is 24.3 Å². The van der Waals surface area contributed by atoms with Gasteiger partial charge in [-0.3, -0.25) is 9.69 Å². The van der Waals surface area contributed by atoms with Crippen LogP contribution in [0.2, 0.25) is 0 Å². The van der Waals surface area contributed by atoms with E-state index in [1.54, 1.807) is 7.11 Å². The Hall–Kier alpha value is -1.59. The molecule has 0 saturated carbocycles. The number of nitrogens with one attached hydrogen (secondary N) is 1. The number of carbonyl (C=O) groups excluding carboxylic acids is 1. The number of nitrogens with two attached hydrogens (primary N) is 1. The summed E-state index contributed by atoms with van der Waals surface area (Å²) < 4.78 is 5.25. The van der Waals surface area contributed by atoms with Crippen molar-refractivity contribution in [2.24, 2.45) is 5.73 Å². The van der Waals surface area contributed by atoms with Crippen molar-refractivity contribution in [3.63, 3.8) is 0 Å². The Labute approximate surface area is 113 Å². The zero-order valence-electron chi connectivity index (χ0n) is 11.3. The van der Waals surface area contributed by atoms with Gasteiger partial charge in [0.2, 0.25) is 5.91 Å². The van der Waals surface area contributed by atoms with Gasteiger partial charge >= 0.3 is 0 Å². The van der Waals surface area contributed by atoms with Gasteiger partial charge in [0.05, 0.1) is 13.7 Å². The molecule has 1 unspecified atom stereocenters. The van der Waals surface area contributed by atoms with Gasteiger partial charge in [0, 0.05) is 31.2 Å². The van der Waals surface area contributed by atoms with Crippen LogP contribution in [-0.2, 0) is 11.3 Å². The fourth-order valence-corrected chi connectivity index (χ4v) is 2.31. The first-order chi connectivity index (χ1) is 9.19. The highest BCUT2D eigenvalue weighted by Gasteiger charge is 2.20. The van der Waals surface area contributed by atoms with Crippen LogP contribution in [0.5, 0.6) is 5.75 Å². The van der Waals surface area contributed by atoms with Crippen molar-refractivity contribution < 1.29 is 9.53 Å². The van der Waals surface area contributed by atoms with E-state index in [-0.39, 0.29) is 11.9 Å². The molecule has 3 N–H and O–H groups in total. The van der Waals surface area contributed by atoms with Crippen LogP contribution in [0.25, 0.3) is 0 Å². The van der Waals surface area contributed by atoms with Crippen molar-refractivity contribution in [3.8, 4) is 5.75 Å². The minimum Gasteiger partial charge on any atom is -0.496 e. The van der Waals surface area contributed by atoms with Gasteiger partial charge in [-0.2, -0.15) is 0 Å². The van der Waals surface area contributed by atoms with Gasteiger partial charge in [-0.15, -0.1) is 0 Å². The number of nitrogens with zero attached hydrogens (tertiary/aromatic N) is 1. The first-order valence-electron chi connectivity index (χ1n) is 6.55. The minimum absolute atomic E-state index is 0.0278. The predicted octanol–water partition coefficient (Wildman–Crippen LogP) is 0.344. The summed E-state index contributed by atoms with van der Waals surface area (Å²) in [5.74, 6) is 0.825. The van der Waals surface area contributed by atoms with Gasteiger partial charge in [-0.05, 0) is 12.5 Å². The second-order valence-corrected chi connectivity index (χ2v) is 4.87. The molecule has 0 aliphatic carbocycles. The molecule has 1 fully saturated rings. The number of ether oxygens (including phenoxy) is 1. The molecule has 1 aliphatic heterocycles. The van der Waals surface area contributed by atoms with Crippen molar-refractivity contribution in [2.45, 2.75) is 19.0 Å². The topological polar surface area (TPSA) is 67.6 Å². The Morgan fingerprint density at radius 3 is 3.00 bits per heavy atom. The largest absolute Gasteiger partial charge is 0.496 e. The predicted molar refractivity (Wildman–Crippen MR) is 73.9 cm³/mol. The lowest BCUT2D eigenvalue weighted by Gasteiger charge is -2.15. The molecule has 0 spiro atoms. The summed E-state index contributed by atoms with van der Waals surface area (Å²) >= 11 is 0. The summed E-state index contributed by atoms with van der Waals surface area (Å²) in [6, 6.07) is 7.90. The quantitative estimate of drug-likeness (QED) is 0.804. The summed E-state index contributed by atoms with van der Waals surface area (Å²) in [5, 5.41) is 2.91. The fourth-order valence-electron chi connectivity index (χ4n) is 2.31. The number of likely N-dealkylation sites (tertiary alicyclic amines) is 1. The summed E-state index contributed by atoms with van der Waals surface area (Å²) in [5.41, 5.74) is 6.80. The van der Waals surface area contributed by atoms with Gasteiger partial charge in [-0.25, -0.2) is 0 Å². The summed E-state index contributed by atoms with van der Waals surface area (Å²) in [4.78, 5) is 13.9. The second kappa shape index (κ2) is 6.54. The average molecular weight is 263 g/mol. The number of para-hydroxylation sites is 1. The van der Waals surface area contributed by atoms with E-state index in [0.29, 0.717) is 13.1 Å². The van der Waals surface area contributed by atoms with Crippen LogP contribution in [0.1, 0.15) is 12.0 Å². The monoisotopic (exact) mass is 263 g/mol. The third-order valence-electron chi connectivity index (χ3n) is 3.34. The lowest BCUT2D eigenvalue weighted by atomic mass is 10.2. The molecule has 0 radical (unpaired) electrons. The van der Waals surface area contributed by atoms with E-state index in [4.69, 9.17) is 10.5 Å². The molecule has 1 aromatic carbocycles. The number of carbonyl (C=O) groups is 1. The maximum atomic E-state index is 11.8. The molecule has 1 saturated heterocycles. The van der Waals surface area contributed by atoms with Crippen LogP contribution in [0.3, 0.4) is 0 Å². The standard InChI is InChI=1S/C14H21N3O2/c1-19-13-5-3-2-4-11(13)8-16-14(18)10-17-7-6-12(15)9-17/h2-5,12H,6-10,15H2,1H3,(H,16,18). The third-order valence-corrected chi connectivity index (χ3v) is 3.34. The second-order valence-electron chi connectivity index (χ2n) is 4.87. The highest BCUT2D eigenvalue weighted by atomic mass is 16.5. The molecule has 2 rings (SSSR count). The van der Waals surface area contributed by atoms with E-state index in [1.165, 1.54) is 0 Å². The number of methoxy groups -OCH3 is 1. The zero-order chi connectivity index (χ0) is 13.7. The maximum absolute atomic E-state index is 11.8. The van der Waals surface area contributed by atoms with Gasteiger partial charge < -0.3 is 15.8 Å². The molecule has 1 heterocycles. The Kier molecular flexibility index (Phi) is 4.76. The van der Waals surface area contributed by atoms with Crippen LogP contribution >= 0.6 is 0 Å². The van der Waals surface area contributed by atoms with Gasteiger partial charge in [0.25, 0.3) is 0 Å². The molecule has 0 bridgehead atoms. The van der Waals surface area contributed by atoms with E-state index in [0.717, 1.165) is 30.8 Å². The molecule has 1 atom stereocenters. The molecule has 5 heteroatoms. The van der Waals surface area contributed by atoms with Crippen molar-refractivity contribution in [3.05, 3.63) is 29.8 Å². The number of hydrogen-bond acceptors (Lipinski definition) is 4. The molecule has 19 heavy (non-hydrogen) atoms. The molecule has 5 nitrogen and oxygen atoms in total. The van der Waals surface area contributed by atoms with Gasteiger partial charge in [0.1, 0.15) is 5.75 Å². The highest BCUT2D eigenvalue weighted by molar-refractivity contribution is 5.78.